The lowest BCUT2D eigenvalue weighted by molar-refractivity contribution is -0.115. The predicted octanol–water partition coefficient (Wildman–Crippen LogP) is 3.33. The number of nitrogens with one attached hydrogen (secondary N) is 1. The second-order valence-electron chi connectivity index (χ2n) is 4.03. The van der Waals surface area contributed by atoms with Crippen LogP contribution in [-0.2, 0) is 11.2 Å². The summed E-state index contributed by atoms with van der Waals surface area (Å²) in [5.41, 5.74) is 2.03. The summed E-state index contributed by atoms with van der Waals surface area (Å²) in [5, 5.41) is 2.79. The highest BCUT2D eigenvalue weighted by Gasteiger charge is 2.07. The summed E-state index contributed by atoms with van der Waals surface area (Å²) in [6, 6.07) is 11.4. The first-order valence-corrected chi connectivity index (χ1v) is 6.40. The molecule has 2 aromatic rings. The average molecular weight is 305 g/mol. The number of hydrogen-bond acceptors (Lipinski definition) is 2. The smallest absolute Gasteiger partial charge is 0.229 e. The number of carbonyl (C=O) groups excluding carboxylic acids is 1. The largest absolute Gasteiger partial charge is 0.310 e. The highest BCUT2D eigenvalue weighted by Crippen LogP contribution is 2.16. The maximum Gasteiger partial charge on any atom is 0.229 e. The van der Waals surface area contributed by atoms with Crippen molar-refractivity contribution in [1.29, 1.82) is 0 Å². The maximum absolute atomic E-state index is 11.9. The molecule has 3 nitrogen and oxygen atoms in total. The van der Waals surface area contributed by atoms with Gasteiger partial charge < -0.3 is 5.32 Å². The molecule has 0 fully saturated rings. The summed E-state index contributed by atoms with van der Waals surface area (Å²) in [5.74, 6) is 0.520. The van der Waals surface area contributed by atoms with Gasteiger partial charge in [-0.15, -0.1) is 0 Å². The monoisotopic (exact) mass is 304 g/mol. The van der Waals surface area contributed by atoms with E-state index in [9.17, 15) is 4.79 Å². The summed E-state index contributed by atoms with van der Waals surface area (Å²) >= 11 is 3.43. The van der Waals surface area contributed by atoms with Crippen LogP contribution in [0.3, 0.4) is 0 Å². The van der Waals surface area contributed by atoms with E-state index < -0.39 is 0 Å². The lowest BCUT2D eigenvalue weighted by Crippen LogP contribution is -2.15. The van der Waals surface area contributed by atoms with Crippen LogP contribution < -0.4 is 5.32 Å². The van der Waals surface area contributed by atoms with Gasteiger partial charge in [0.25, 0.3) is 0 Å². The molecule has 0 aliphatic heterocycles. The minimum absolute atomic E-state index is 0.0694. The van der Waals surface area contributed by atoms with E-state index in [1.165, 1.54) is 0 Å². The Kier molecular flexibility index (Phi) is 4.10. The van der Waals surface area contributed by atoms with Crippen molar-refractivity contribution in [3.63, 3.8) is 0 Å². The van der Waals surface area contributed by atoms with Crippen LogP contribution in [-0.4, -0.2) is 10.9 Å². The third-order valence-electron chi connectivity index (χ3n) is 2.49. The summed E-state index contributed by atoms with van der Waals surface area (Å²) in [6.07, 6.45) is 2.01. The zero-order chi connectivity index (χ0) is 13.0. The van der Waals surface area contributed by atoms with Crippen molar-refractivity contribution in [2.45, 2.75) is 13.3 Å². The SMILES string of the molecule is Cc1ccnc(NC(=O)Cc2ccccc2Br)c1. The molecule has 1 amide bonds. The molecule has 92 valence electrons. The van der Waals surface area contributed by atoms with Crippen LogP contribution in [0.15, 0.2) is 47.1 Å². The molecular weight excluding hydrogens is 292 g/mol. The molecule has 0 radical (unpaired) electrons. The molecule has 1 aromatic heterocycles. The number of rotatable bonds is 3. The molecule has 0 atom stereocenters. The van der Waals surface area contributed by atoms with Crippen LogP contribution in [0, 0.1) is 6.92 Å². The number of pyridine rings is 1. The minimum Gasteiger partial charge on any atom is -0.310 e. The van der Waals surface area contributed by atoms with Gasteiger partial charge >= 0.3 is 0 Å². The second kappa shape index (κ2) is 5.78. The molecule has 0 aliphatic carbocycles. The van der Waals surface area contributed by atoms with Gasteiger partial charge in [0.1, 0.15) is 5.82 Å². The van der Waals surface area contributed by atoms with E-state index >= 15 is 0 Å². The molecule has 18 heavy (non-hydrogen) atoms. The fourth-order valence-corrected chi connectivity index (χ4v) is 2.03. The number of nitrogens with zero attached hydrogens (tertiary/aromatic N) is 1. The molecule has 0 unspecified atom stereocenters. The number of halogens is 1. The van der Waals surface area contributed by atoms with Crippen molar-refractivity contribution < 1.29 is 4.79 Å². The Morgan fingerprint density at radius 3 is 2.83 bits per heavy atom. The average Bonchev–Trinajstić information content (AvgIpc) is 2.32. The van der Waals surface area contributed by atoms with E-state index in [0.29, 0.717) is 12.2 Å². The van der Waals surface area contributed by atoms with Gasteiger partial charge in [-0.1, -0.05) is 34.1 Å². The van der Waals surface area contributed by atoms with Crippen LogP contribution in [0.25, 0.3) is 0 Å². The van der Waals surface area contributed by atoms with Gasteiger partial charge in [-0.25, -0.2) is 4.98 Å². The lowest BCUT2D eigenvalue weighted by atomic mass is 10.1. The molecule has 1 heterocycles. The number of aromatic nitrogens is 1. The quantitative estimate of drug-likeness (QED) is 0.945. The van der Waals surface area contributed by atoms with E-state index in [4.69, 9.17) is 0 Å². The predicted molar refractivity (Wildman–Crippen MR) is 75.4 cm³/mol. The zero-order valence-corrected chi connectivity index (χ0v) is 11.6. The van der Waals surface area contributed by atoms with E-state index in [-0.39, 0.29) is 5.91 Å². The number of carbonyl (C=O) groups is 1. The fraction of sp³-hybridized carbons (Fsp3) is 0.143. The summed E-state index contributed by atoms with van der Waals surface area (Å²) < 4.78 is 0.942. The number of anilines is 1. The van der Waals surface area contributed by atoms with Gasteiger partial charge in [0, 0.05) is 10.7 Å². The van der Waals surface area contributed by atoms with Gasteiger partial charge in [-0.2, -0.15) is 0 Å². The molecule has 0 aliphatic rings. The molecule has 4 heteroatoms. The van der Waals surface area contributed by atoms with E-state index in [0.717, 1.165) is 15.6 Å². The maximum atomic E-state index is 11.9. The molecule has 1 aromatic carbocycles. The van der Waals surface area contributed by atoms with Gasteiger partial charge in [-0.3, -0.25) is 4.79 Å². The third kappa shape index (κ3) is 3.40. The number of aryl methyl sites for hydroxylation is 1. The summed E-state index contributed by atoms with van der Waals surface area (Å²) in [6.45, 7) is 1.96. The fourth-order valence-electron chi connectivity index (χ4n) is 1.61. The van der Waals surface area contributed by atoms with Crippen LogP contribution >= 0.6 is 15.9 Å². The summed E-state index contributed by atoms with van der Waals surface area (Å²) in [4.78, 5) is 16.0. The third-order valence-corrected chi connectivity index (χ3v) is 3.27. The number of amides is 1. The normalized spacial score (nSPS) is 10.1. The number of benzene rings is 1. The van der Waals surface area contributed by atoms with Crippen LogP contribution in [0.1, 0.15) is 11.1 Å². The second-order valence-corrected chi connectivity index (χ2v) is 4.89. The van der Waals surface area contributed by atoms with E-state index in [2.05, 4.69) is 26.2 Å². The van der Waals surface area contributed by atoms with Crippen LogP contribution in [0.2, 0.25) is 0 Å². The van der Waals surface area contributed by atoms with Gasteiger partial charge in [-0.05, 0) is 36.2 Å². The molecule has 0 saturated heterocycles. The standard InChI is InChI=1S/C14H13BrN2O/c1-10-6-7-16-13(8-10)17-14(18)9-11-4-2-3-5-12(11)15/h2-8H,9H2,1H3,(H,16,17,18). The first-order chi connectivity index (χ1) is 8.65. The van der Waals surface area contributed by atoms with Crippen molar-refractivity contribution in [3.05, 3.63) is 58.2 Å². The Labute approximate surface area is 114 Å². The van der Waals surface area contributed by atoms with Crippen LogP contribution in [0.5, 0.6) is 0 Å². The first kappa shape index (κ1) is 12.8. The van der Waals surface area contributed by atoms with Crippen molar-refractivity contribution in [1.82, 2.24) is 4.98 Å². The topological polar surface area (TPSA) is 42.0 Å². The Morgan fingerprint density at radius 2 is 2.11 bits per heavy atom. The van der Waals surface area contributed by atoms with Gasteiger partial charge in [0.05, 0.1) is 6.42 Å². The highest BCUT2D eigenvalue weighted by atomic mass is 79.9. The molecule has 2 rings (SSSR count). The minimum atomic E-state index is -0.0694. The van der Waals surface area contributed by atoms with E-state index in [1.807, 2.05) is 43.3 Å². The van der Waals surface area contributed by atoms with Gasteiger partial charge in [0.2, 0.25) is 5.91 Å². The molecule has 0 bridgehead atoms. The molecule has 0 spiro atoms. The van der Waals surface area contributed by atoms with E-state index in [1.54, 1.807) is 6.20 Å². The molecule has 0 saturated carbocycles. The molecule has 1 N–H and O–H groups in total. The number of hydrogen-bond donors (Lipinski definition) is 1. The van der Waals surface area contributed by atoms with Crippen molar-refractivity contribution in [2.24, 2.45) is 0 Å². The van der Waals surface area contributed by atoms with Crippen molar-refractivity contribution >= 4 is 27.7 Å². The van der Waals surface area contributed by atoms with Crippen LogP contribution in [0.4, 0.5) is 5.82 Å². The Bertz CT molecular complexity index is 569. The Morgan fingerprint density at radius 1 is 1.33 bits per heavy atom. The Hall–Kier alpha value is -1.68. The zero-order valence-electron chi connectivity index (χ0n) is 9.98. The lowest BCUT2D eigenvalue weighted by Gasteiger charge is -2.06. The van der Waals surface area contributed by atoms with Gasteiger partial charge in [0.15, 0.2) is 0 Å². The highest BCUT2D eigenvalue weighted by molar-refractivity contribution is 9.10. The summed E-state index contributed by atoms with van der Waals surface area (Å²) in [7, 11) is 0. The molecular formula is C14H13BrN2O. The first-order valence-electron chi connectivity index (χ1n) is 5.61. The van der Waals surface area contributed by atoms with Crippen molar-refractivity contribution in [3.8, 4) is 0 Å². The Balaban J connectivity index is 2.03. The van der Waals surface area contributed by atoms with Crippen molar-refractivity contribution in [2.75, 3.05) is 5.32 Å².